The zero-order valence-electron chi connectivity index (χ0n) is 9.65. The molecule has 0 atom stereocenters. The number of aromatic amines is 1. The maximum atomic E-state index is 11.3. The van der Waals surface area contributed by atoms with Crippen molar-refractivity contribution in [3.8, 4) is 0 Å². The molecule has 0 aliphatic rings. The largest absolute Gasteiger partial charge is 0.343 e. The van der Waals surface area contributed by atoms with Crippen LogP contribution in [0.4, 0.5) is 0 Å². The van der Waals surface area contributed by atoms with Gasteiger partial charge in [-0.2, -0.15) is 0 Å². The van der Waals surface area contributed by atoms with Crippen LogP contribution in [0, 0.1) is 0 Å². The van der Waals surface area contributed by atoms with Gasteiger partial charge in [0.1, 0.15) is 5.78 Å². The molecule has 0 saturated heterocycles. The number of aromatic nitrogens is 3. The highest BCUT2D eigenvalue weighted by atomic mass is 32.2. The normalized spacial score (nSPS) is 10.6. The molecule has 0 radical (unpaired) electrons. The number of nitrogens with one attached hydrogen (secondary N) is 1. The Labute approximate surface area is 98.6 Å². The predicted molar refractivity (Wildman–Crippen MR) is 63.8 cm³/mol. The van der Waals surface area contributed by atoms with E-state index in [0.29, 0.717) is 13.0 Å². The van der Waals surface area contributed by atoms with Gasteiger partial charge in [0.15, 0.2) is 5.16 Å². The monoisotopic (exact) mass is 243 g/mol. The third kappa shape index (κ3) is 3.84. The lowest BCUT2D eigenvalue weighted by atomic mass is 10.3. The highest BCUT2D eigenvalue weighted by Crippen LogP contribution is 2.15. The van der Waals surface area contributed by atoms with Crippen LogP contribution in [0.5, 0.6) is 0 Å². The lowest BCUT2D eigenvalue weighted by Crippen LogP contribution is -2.17. The summed E-state index contributed by atoms with van der Waals surface area (Å²) in [5.41, 5.74) is -0.157. The van der Waals surface area contributed by atoms with Crippen molar-refractivity contribution >= 4 is 17.5 Å². The van der Waals surface area contributed by atoms with Crippen molar-refractivity contribution in [1.82, 2.24) is 14.8 Å². The topological polar surface area (TPSA) is 67.8 Å². The number of thioether (sulfide) groups is 1. The molecule has 0 amide bonds. The Morgan fingerprint density at radius 2 is 2.31 bits per heavy atom. The number of H-pyrrole nitrogens is 1. The summed E-state index contributed by atoms with van der Waals surface area (Å²) in [6.45, 7) is 4.29. The second-order valence-electron chi connectivity index (χ2n) is 3.62. The zero-order valence-corrected chi connectivity index (χ0v) is 10.5. The number of hydrogen-bond donors (Lipinski definition) is 1. The molecule has 1 heterocycles. The van der Waals surface area contributed by atoms with E-state index in [9.17, 15) is 9.59 Å². The van der Waals surface area contributed by atoms with Crippen molar-refractivity contribution in [2.24, 2.45) is 0 Å². The van der Waals surface area contributed by atoms with E-state index in [1.807, 2.05) is 6.92 Å². The fourth-order valence-corrected chi connectivity index (χ4v) is 2.23. The minimum Gasteiger partial charge on any atom is -0.300 e. The Morgan fingerprint density at radius 3 is 2.94 bits per heavy atom. The van der Waals surface area contributed by atoms with Crippen LogP contribution in [0.2, 0.25) is 0 Å². The SMILES string of the molecule is CCCn1c(SCCCC(C)=O)n[nH]c1=O. The maximum absolute atomic E-state index is 11.3. The standard InChI is InChI=1S/C10H17N3O2S/c1-3-6-13-9(15)11-12-10(13)16-7-4-5-8(2)14/h3-7H2,1-2H3,(H,11,15). The number of carbonyl (C=O) groups is 1. The van der Waals surface area contributed by atoms with Gasteiger partial charge in [-0.15, -0.1) is 5.10 Å². The van der Waals surface area contributed by atoms with Crippen LogP contribution in [-0.4, -0.2) is 26.3 Å². The van der Waals surface area contributed by atoms with E-state index in [-0.39, 0.29) is 11.5 Å². The van der Waals surface area contributed by atoms with Crippen LogP contribution in [0.3, 0.4) is 0 Å². The second-order valence-corrected chi connectivity index (χ2v) is 4.68. The van der Waals surface area contributed by atoms with E-state index >= 15 is 0 Å². The van der Waals surface area contributed by atoms with Gasteiger partial charge < -0.3 is 4.79 Å². The summed E-state index contributed by atoms with van der Waals surface area (Å²) in [4.78, 5) is 22.1. The number of rotatable bonds is 7. The summed E-state index contributed by atoms with van der Waals surface area (Å²) in [7, 11) is 0. The minimum atomic E-state index is -0.157. The molecule has 1 rings (SSSR count). The first-order chi connectivity index (χ1) is 7.65. The van der Waals surface area contributed by atoms with E-state index in [0.717, 1.165) is 23.8 Å². The smallest absolute Gasteiger partial charge is 0.300 e. The van der Waals surface area contributed by atoms with Crippen molar-refractivity contribution in [2.45, 2.75) is 44.8 Å². The summed E-state index contributed by atoms with van der Waals surface area (Å²) >= 11 is 1.52. The first-order valence-electron chi connectivity index (χ1n) is 5.42. The van der Waals surface area contributed by atoms with Crippen molar-refractivity contribution < 1.29 is 4.79 Å². The van der Waals surface area contributed by atoms with Crippen molar-refractivity contribution in [3.63, 3.8) is 0 Å². The van der Waals surface area contributed by atoms with Crippen molar-refractivity contribution in [2.75, 3.05) is 5.75 Å². The Morgan fingerprint density at radius 1 is 1.56 bits per heavy atom. The van der Waals surface area contributed by atoms with Crippen LogP contribution < -0.4 is 5.69 Å². The van der Waals surface area contributed by atoms with Crippen LogP contribution in [0.15, 0.2) is 9.95 Å². The molecular formula is C10H17N3O2S. The molecule has 0 aromatic carbocycles. The van der Waals surface area contributed by atoms with Gasteiger partial charge >= 0.3 is 5.69 Å². The summed E-state index contributed by atoms with van der Waals surface area (Å²) in [5.74, 6) is 1.02. The number of carbonyl (C=O) groups excluding carboxylic acids is 1. The van der Waals surface area contributed by atoms with Crippen LogP contribution in [-0.2, 0) is 11.3 Å². The molecule has 1 N–H and O–H groups in total. The third-order valence-electron chi connectivity index (χ3n) is 2.07. The molecular weight excluding hydrogens is 226 g/mol. The molecule has 6 heteroatoms. The molecule has 0 bridgehead atoms. The van der Waals surface area contributed by atoms with Gasteiger partial charge in [-0.25, -0.2) is 9.89 Å². The van der Waals surface area contributed by atoms with Gasteiger partial charge in [0.2, 0.25) is 0 Å². The van der Waals surface area contributed by atoms with E-state index in [2.05, 4.69) is 10.2 Å². The van der Waals surface area contributed by atoms with Crippen LogP contribution in [0.1, 0.15) is 33.1 Å². The molecule has 0 aliphatic heterocycles. The van der Waals surface area contributed by atoms with Gasteiger partial charge in [-0.05, 0) is 19.8 Å². The first-order valence-corrected chi connectivity index (χ1v) is 6.41. The Hall–Kier alpha value is -1.04. The zero-order chi connectivity index (χ0) is 12.0. The maximum Gasteiger partial charge on any atom is 0.343 e. The molecule has 5 nitrogen and oxygen atoms in total. The Kier molecular flexibility index (Phi) is 5.31. The summed E-state index contributed by atoms with van der Waals surface area (Å²) in [5, 5.41) is 7.11. The first kappa shape index (κ1) is 13.0. The minimum absolute atomic E-state index is 0.157. The third-order valence-corrected chi connectivity index (χ3v) is 3.14. The number of Topliss-reactive ketones (excluding diaryl/α,β-unsaturated/α-hetero) is 1. The average molecular weight is 243 g/mol. The average Bonchev–Trinajstić information content (AvgIpc) is 2.56. The van der Waals surface area contributed by atoms with E-state index in [1.54, 1.807) is 11.5 Å². The molecule has 90 valence electrons. The molecule has 16 heavy (non-hydrogen) atoms. The highest BCUT2D eigenvalue weighted by Gasteiger charge is 2.07. The van der Waals surface area contributed by atoms with Crippen LogP contribution in [0.25, 0.3) is 0 Å². The number of hydrogen-bond acceptors (Lipinski definition) is 4. The molecule has 0 spiro atoms. The van der Waals surface area contributed by atoms with Gasteiger partial charge in [0, 0.05) is 18.7 Å². The number of ketones is 1. The van der Waals surface area contributed by atoms with Crippen molar-refractivity contribution in [3.05, 3.63) is 10.5 Å². The van der Waals surface area contributed by atoms with Gasteiger partial charge in [0.05, 0.1) is 0 Å². The molecule has 1 aromatic rings. The predicted octanol–water partition coefficient (Wildman–Crippen LogP) is 1.44. The van der Waals surface area contributed by atoms with Crippen LogP contribution >= 0.6 is 11.8 Å². The van der Waals surface area contributed by atoms with Gasteiger partial charge in [-0.3, -0.25) is 4.57 Å². The quantitative estimate of drug-likeness (QED) is 0.581. The second kappa shape index (κ2) is 6.52. The van der Waals surface area contributed by atoms with E-state index < -0.39 is 0 Å². The molecule has 0 unspecified atom stereocenters. The molecule has 1 aromatic heterocycles. The lowest BCUT2D eigenvalue weighted by Gasteiger charge is -2.02. The molecule has 0 aliphatic carbocycles. The summed E-state index contributed by atoms with van der Waals surface area (Å²) in [6.07, 6.45) is 2.32. The lowest BCUT2D eigenvalue weighted by molar-refractivity contribution is -0.117. The van der Waals surface area contributed by atoms with Gasteiger partial charge in [-0.1, -0.05) is 18.7 Å². The Bertz CT molecular complexity index is 397. The summed E-state index contributed by atoms with van der Waals surface area (Å²) in [6, 6.07) is 0. The highest BCUT2D eigenvalue weighted by molar-refractivity contribution is 7.99. The molecule has 0 fully saturated rings. The van der Waals surface area contributed by atoms with Gasteiger partial charge in [0.25, 0.3) is 0 Å². The fourth-order valence-electron chi connectivity index (χ4n) is 1.32. The van der Waals surface area contributed by atoms with E-state index in [1.165, 1.54) is 11.8 Å². The van der Waals surface area contributed by atoms with E-state index in [4.69, 9.17) is 0 Å². The van der Waals surface area contributed by atoms with Crippen molar-refractivity contribution in [1.29, 1.82) is 0 Å². The molecule has 0 saturated carbocycles. The fraction of sp³-hybridized carbons (Fsp3) is 0.700. The Balaban J connectivity index is 2.47. The number of nitrogens with zero attached hydrogens (tertiary/aromatic N) is 2. The summed E-state index contributed by atoms with van der Waals surface area (Å²) < 4.78 is 1.64.